The summed E-state index contributed by atoms with van der Waals surface area (Å²) in [6.07, 6.45) is 19.3. The Morgan fingerprint density at radius 1 is 1.11 bits per heavy atom. The molecule has 0 spiro atoms. The summed E-state index contributed by atoms with van der Waals surface area (Å²) in [5.74, 6) is 3.45. The second kappa shape index (κ2) is 9.33. The predicted molar refractivity (Wildman–Crippen MR) is 123 cm³/mol. The minimum absolute atomic E-state index is 0.328. The highest BCUT2D eigenvalue weighted by atomic mass is 14.6. The standard InChI is InChI=1S/C27H45N/c1-19(2)8-6-9-21(4)25-15-16-26-22(10-7-17-27(25,26)5)12-13-23-18-24(28)14-11-20(23)3/h12-13,19,21,24-26H,3,6-11,14-18,28H2,1-2,4-5H3/b22-12+,23-13-/t21-,24-,25-,26+,27-/m1/s1. The van der Waals surface area contributed by atoms with Gasteiger partial charge >= 0.3 is 0 Å². The highest BCUT2D eigenvalue weighted by molar-refractivity contribution is 5.36. The number of hydrogen-bond donors (Lipinski definition) is 1. The molecule has 3 fully saturated rings. The SMILES string of the molecule is C=C1CC[C@@H](N)C/C1=C/C=C1\CCC[C@]2(C)[C@@H]([C@H](C)CCCC(C)C)CC[C@@H]12. The van der Waals surface area contributed by atoms with Crippen LogP contribution in [0, 0.1) is 29.1 Å². The van der Waals surface area contributed by atoms with Crippen LogP contribution >= 0.6 is 0 Å². The molecule has 1 nitrogen and oxygen atoms in total. The van der Waals surface area contributed by atoms with Crippen LogP contribution in [0.25, 0.3) is 0 Å². The van der Waals surface area contributed by atoms with E-state index in [0.29, 0.717) is 11.5 Å². The fourth-order valence-electron chi connectivity index (χ4n) is 6.71. The molecular weight excluding hydrogens is 338 g/mol. The smallest absolute Gasteiger partial charge is 0.00825 e. The van der Waals surface area contributed by atoms with Crippen LogP contribution in [0.15, 0.2) is 35.5 Å². The molecule has 1 heteroatoms. The Bertz CT molecular complexity index is 610. The average Bonchev–Trinajstić information content (AvgIpc) is 2.99. The first-order valence-electron chi connectivity index (χ1n) is 12.1. The zero-order valence-electron chi connectivity index (χ0n) is 19.1. The molecular formula is C27H45N. The molecule has 0 unspecified atom stereocenters. The summed E-state index contributed by atoms with van der Waals surface area (Å²) in [6, 6.07) is 0.328. The topological polar surface area (TPSA) is 26.0 Å². The molecule has 2 N–H and O–H groups in total. The second-order valence-corrected chi connectivity index (χ2v) is 10.9. The molecule has 0 aromatic rings. The Kier molecular flexibility index (Phi) is 7.29. The minimum Gasteiger partial charge on any atom is -0.327 e. The maximum atomic E-state index is 6.21. The summed E-state index contributed by atoms with van der Waals surface area (Å²) in [7, 11) is 0. The highest BCUT2D eigenvalue weighted by Crippen LogP contribution is 2.59. The zero-order valence-corrected chi connectivity index (χ0v) is 19.1. The van der Waals surface area contributed by atoms with Gasteiger partial charge in [0.1, 0.15) is 0 Å². The second-order valence-electron chi connectivity index (χ2n) is 10.9. The third-order valence-electron chi connectivity index (χ3n) is 8.42. The van der Waals surface area contributed by atoms with Crippen LogP contribution in [-0.2, 0) is 0 Å². The van der Waals surface area contributed by atoms with Crippen molar-refractivity contribution in [2.45, 2.75) is 104 Å². The van der Waals surface area contributed by atoms with Gasteiger partial charge in [0, 0.05) is 6.04 Å². The van der Waals surface area contributed by atoms with Gasteiger partial charge in [-0.05, 0) is 86.0 Å². The van der Waals surface area contributed by atoms with Crippen molar-refractivity contribution in [3.05, 3.63) is 35.5 Å². The fourth-order valence-corrected chi connectivity index (χ4v) is 6.71. The molecule has 3 saturated carbocycles. The minimum atomic E-state index is 0.328. The third-order valence-corrected chi connectivity index (χ3v) is 8.42. The van der Waals surface area contributed by atoms with Gasteiger partial charge in [-0.1, -0.05) is 76.8 Å². The van der Waals surface area contributed by atoms with E-state index in [4.69, 9.17) is 5.73 Å². The Hall–Kier alpha value is -0.820. The molecule has 0 radical (unpaired) electrons. The summed E-state index contributed by atoms with van der Waals surface area (Å²) in [5, 5.41) is 0. The van der Waals surface area contributed by atoms with Crippen LogP contribution in [-0.4, -0.2) is 6.04 Å². The van der Waals surface area contributed by atoms with Crippen molar-refractivity contribution in [3.63, 3.8) is 0 Å². The Morgan fingerprint density at radius 3 is 2.64 bits per heavy atom. The summed E-state index contributed by atoms with van der Waals surface area (Å²) < 4.78 is 0. The van der Waals surface area contributed by atoms with Crippen molar-refractivity contribution in [1.82, 2.24) is 0 Å². The first-order valence-corrected chi connectivity index (χ1v) is 12.1. The summed E-state index contributed by atoms with van der Waals surface area (Å²) in [5.41, 5.74) is 11.2. The van der Waals surface area contributed by atoms with Gasteiger partial charge in [-0.25, -0.2) is 0 Å². The quantitative estimate of drug-likeness (QED) is 0.502. The van der Waals surface area contributed by atoms with Gasteiger partial charge < -0.3 is 5.73 Å². The van der Waals surface area contributed by atoms with Crippen LogP contribution in [0.2, 0.25) is 0 Å². The molecule has 5 atom stereocenters. The van der Waals surface area contributed by atoms with Crippen LogP contribution < -0.4 is 5.73 Å². The van der Waals surface area contributed by atoms with Gasteiger partial charge in [0.2, 0.25) is 0 Å². The van der Waals surface area contributed by atoms with E-state index in [2.05, 4.69) is 46.4 Å². The van der Waals surface area contributed by atoms with Crippen molar-refractivity contribution in [2.24, 2.45) is 34.8 Å². The average molecular weight is 384 g/mol. The first-order chi connectivity index (χ1) is 13.3. The zero-order chi connectivity index (χ0) is 20.3. The molecule has 0 bridgehead atoms. The summed E-state index contributed by atoms with van der Waals surface area (Å²) >= 11 is 0. The lowest BCUT2D eigenvalue weighted by atomic mass is 9.60. The van der Waals surface area contributed by atoms with Crippen LogP contribution in [0.3, 0.4) is 0 Å². The van der Waals surface area contributed by atoms with Gasteiger partial charge in [-0.15, -0.1) is 0 Å². The molecule has 0 heterocycles. The van der Waals surface area contributed by atoms with E-state index in [9.17, 15) is 0 Å². The maximum absolute atomic E-state index is 6.21. The van der Waals surface area contributed by atoms with Crippen molar-refractivity contribution in [2.75, 3.05) is 0 Å². The first kappa shape index (κ1) is 21.9. The Labute approximate surface area is 174 Å². The van der Waals surface area contributed by atoms with E-state index in [0.717, 1.165) is 42.9 Å². The van der Waals surface area contributed by atoms with E-state index >= 15 is 0 Å². The molecule has 0 aromatic carbocycles. The molecule has 3 rings (SSSR count). The van der Waals surface area contributed by atoms with E-state index < -0.39 is 0 Å². The van der Waals surface area contributed by atoms with Crippen molar-refractivity contribution < 1.29 is 0 Å². The van der Waals surface area contributed by atoms with E-state index in [1.54, 1.807) is 5.57 Å². The molecule has 3 aliphatic rings. The molecule has 0 amide bonds. The van der Waals surface area contributed by atoms with Gasteiger partial charge in [-0.2, -0.15) is 0 Å². The normalized spacial score (nSPS) is 37.6. The summed E-state index contributed by atoms with van der Waals surface area (Å²) in [4.78, 5) is 0. The number of allylic oxidation sites excluding steroid dienone is 4. The molecule has 3 aliphatic carbocycles. The van der Waals surface area contributed by atoms with Crippen molar-refractivity contribution in [3.8, 4) is 0 Å². The number of fused-ring (bicyclic) bond motifs is 1. The van der Waals surface area contributed by atoms with E-state index in [1.807, 2.05) is 0 Å². The number of nitrogens with two attached hydrogens (primary N) is 1. The van der Waals surface area contributed by atoms with Gasteiger partial charge in [0.25, 0.3) is 0 Å². The monoisotopic (exact) mass is 383 g/mol. The highest BCUT2D eigenvalue weighted by Gasteiger charge is 2.50. The predicted octanol–water partition coefficient (Wildman–Crippen LogP) is 7.59. The molecule has 0 saturated heterocycles. The lowest BCUT2D eigenvalue weighted by Crippen LogP contribution is -2.36. The summed E-state index contributed by atoms with van der Waals surface area (Å²) in [6.45, 7) is 14.2. The fraction of sp³-hybridized carbons (Fsp3) is 0.778. The molecule has 0 aromatic heterocycles. The largest absolute Gasteiger partial charge is 0.327 e. The van der Waals surface area contributed by atoms with Crippen LogP contribution in [0.1, 0.15) is 98.3 Å². The molecule has 158 valence electrons. The van der Waals surface area contributed by atoms with Crippen LogP contribution in [0.5, 0.6) is 0 Å². The van der Waals surface area contributed by atoms with Gasteiger partial charge in [0.15, 0.2) is 0 Å². The lowest BCUT2D eigenvalue weighted by molar-refractivity contribution is 0.0929. The molecule has 28 heavy (non-hydrogen) atoms. The van der Waals surface area contributed by atoms with Crippen molar-refractivity contribution in [1.29, 1.82) is 0 Å². The van der Waals surface area contributed by atoms with Crippen LogP contribution in [0.4, 0.5) is 0 Å². The Balaban J connectivity index is 1.70. The lowest BCUT2D eigenvalue weighted by Gasteiger charge is -2.44. The number of rotatable bonds is 6. The Morgan fingerprint density at radius 2 is 1.89 bits per heavy atom. The third kappa shape index (κ3) is 4.84. The van der Waals surface area contributed by atoms with Crippen molar-refractivity contribution >= 4 is 0 Å². The van der Waals surface area contributed by atoms with E-state index in [-0.39, 0.29) is 0 Å². The number of hydrogen-bond acceptors (Lipinski definition) is 1. The maximum Gasteiger partial charge on any atom is 0.00825 e. The van der Waals surface area contributed by atoms with Gasteiger partial charge in [-0.3, -0.25) is 0 Å². The van der Waals surface area contributed by atoms with Gasteiger partial charge in [0.05, 0.1) is 0 Å². The molecule has 0 aliphatic heterocycles. The van der Waals surface area contributed by atoms with E-state index in [1.165, 1.54) is 62.5 Å².